The summed E-state index contributed by atoms with van der Waals surface area (Å²) >= 11 is 0. The van der Waals surface area contributed by atoms with Crippen molar-refractivity contribution in [2.75, 3.05) is 0 Å². The Labute approximate surface area is 116 Å². The number of hydrogen-bond acceptors (Lipinski definition) is 3. The molecule has 4 nitrogen and oxygen atoms in total. The average Bonchev–Trinajstić information content (AvgIpc) is 2.85. The van der Waals surface area contributed by atoms with E-state index < -0.39 is 0 Å². The first-order chi connectivity index (χ1) is 9.81. The summed E-state index contributed by atoms with van der Waals surface area (Å²) in [5.41, 5.74) is 2.35. The zero-order valence-corrected chi connectivity index (χ0v) is 11.1. The topological polar surface area (TPSA) is 43.6 Å². The zero-order chi connectivity index (χ0) is 13.9. The third kappa shape index (κ3) is 2.16. The van der Waals surface area contributed by atoms with Crippen LogP contribution >= 0.6 is 0 Å². The Balaban J connectivity index is 1.99. The molecule has 0 aliphatic heterocycles. The Morgan fingerprint density at radius 1 is 1.20 bits per heavy atom. The monoisotopic (exact) mass is 266 g/mol. The van der Waals surface area contributed by atoms with Gasteiger partial charge in [-0.2, -0.15) is 4.98 Å². The van der Waals surface area contributed by atoms with E-state index in [0.717, 1.165) is 12.7 Å². The normalized spacial score (nSPS) is 10.7. The van der Waals surface area contributed by atoms with E-state index in [1.807, 2.05) is 42.5 Å². The summed E-state index contributed by atoms with van der Waals surface area (Å²) in [6.45, 7) is 2.10. The molecule has 0 radical (unpaired) electrons. The number of aromatic nitrogens is 2. The van der Waals surface area contributed by atoms with Crippen molar-refractivity contribution in [3.8, 4) is 11.6 Å². The van der Waals surface area contributed by atoms with E-state index in [9.17, 15) is 4.79 Å². The van der Waals surface area contributed by atoms with Crippen LogP contribution in [0.3, 0.4) is 0 Å². The lowest BCUT2D eigenvalue weighted by atomic mass is 10.2. The number of aldehydes is 1. The van der Waals surface area contributed by atoms with Crippen LogP contribution in [0.1, 0.15) is 23.0 Å². The molecule has 0 spiro atoms. The van der Waals surface area contributed by atoms with Gasteiger partial charge in [-0.05, 0) is 36.2 Å². The van der Waals surface area contributed by atoms with Crippen molar-refractivity contribution in [2.24, 2.45) is 0 Å². The number of benzene rings is 1. The summed E-state index contributed by atoms with van der Waals surface area (Å²) in [5.74, 6) is 1.00. The lowest BCUT2D eigenvalue weighted by molar-refractivity contribution is 0.111. The Kier molecular flexibility index (Phi) is 3.21. The van der Waals surface area contributed by atoms with Crippen molar-refractivity contribution in [3.05, 3.63) is 59.9 Å². The van der Waals surface area contributed by atoms with Crippen LogP contribution in [0.25, 0.3) is 5.65 Å². The van der Waals surface area contributed by atoms with E-state index in [4.69, 9.17) is 4.74 Å². The summed E-state index contributed by atoms with van der Waals surface area (Å²) in [6, 6.07) is 13.3. The van der Waals surface area contributed by atoms with Crippen LogP contribution in [0, 0.1) is 0 Å². The number of nitrogens with zero attached hydrogens (tertiary/aromatic N) is 2. The van der Waals surface area contributed by atoms with Crippen LogP contribution in [0.5, 0.6) is 11.6 Å². The van der Waals surface area contributed by atoms with Gasteiger partial charge >= 0.3 is 0 Å². The minimum atomic E-state index is 0.329. The van der Waals surface area contributed by atoms with Gasteiger partial charge in [0.1, 0.15) is 11.4 Å². The number of carbonyl (C=O) groups excluding carboxylic acids is 1. The molecule has 0 amide bonds. The van der Waals surface area contributed by atoms with Crippen molar-refractivity contribution in [3.63, 3.8) is 0 Å². The van der Waals surface area contributed by atoms with Crippen LogP contribution in [-0.4, -0.2) is 15.7 Å². The maximum absolute atomic E-state index is 11.3. The first-order valence-corrected chi connectivity index (χ1v) is 6.51. The summed E-state index contributed by atoms with van der Waals surface area (Å²) < 4.78 is 7.43. The second-order valence-corrected chi connectivity index (χ2v) is 4.45. The predicted octanol–water partition coefficient (Wildman–Crippen LogP) is 3.50. The molecule has 0 atom stereocenters. The number of imidazole rings is 1. The fraction of sp³-hybridized carbons (Fsp3) is 0.125. The van der Waals surface area contributed by atoms with Gasteiger partial charge in [0.15, 0.2) is 12.0 Å². The van der Waals surface area contributed by atoms with E-state index in [-0.39, 0.29) is 0 Å². The largest absolute Gasteiger partial charge is 0.437 e. The van der Waals surface area contributed by atoms with E-state index in [2.05, 4.69) is 11.9 Å². The molecule has 0 fully saturated rings. The zero-order valence-electron chi connectivity index (χ0n) is 11.1. The van der Waals surface area contributed by atoms with Gasteiger partial charge in [-0.15, -0.1) is 0 Å². The second kappa shape index (κ2) is 5.17. The molecule has 0 aliphatic carbocycles. The molecule has 100 valence electrons. The van der Waals surface area contributed by atoms with Gasteiger partial charge in [-0.3, -0.25) is 9.20 Å². The van der Waals surface area contributed by atoms with Gasteiger partial charge in [-0.25, -0.2) is 0 Å². The molecule has 3 rings (SSSR count). The van der Waals surface area contributed by atoms with Crippen LogP contribution in [0.2, 0.25) is 0 Å². The van der Waals surface area contributed by atoms with E-state index in [0.29, 0.717) is 23.0 Å². The predicted molar refractivity (Wildman–Crippen MR) is 76.5 cm³/mol. The fourth-order valence-electron chi connectivity index (χ4n) is 2.08. The molecule has 0 bridgehead atoms. The number of hydrogen-bond donors (Lipinski definition) is 0. The van der Waals surface area contributed by atoms with Gasteiger partial charge in [-0.1, -0.05) is 25.1 Å². The van der Waals surface area contributed by atoms with Crippen molar-refractivity contribution in [2.45, 2.75) is 13.3 Å². The maximum atomic E-state index is 11.3. The van der Waals surface area contributed by atoms with Gasteiger partial charge in [0.25, 0.3) is 0 Å². The number of aryl methyl sites for hydroxylation is 1. The molecule has 1 aromatic carbocycles. The smallest absolute Gasteiger partial charge is 0.249 e. The Morgan fingerprint density at radius 2 is 2.00 bits per heavy atom. The van der Waals surface area contributed by atoms with Crippen molar-refractivity contribution in [1.82, 2.24) is 9.38 Å². The average molecular weight is 266 g/mol. The molecule has 4 heteroatoms. The second-order valence-electron chi connectivity index (χ2n) is 4.45. The van der Waals surface area contributed by atoms with Crippen LogP contribution < -0.4 is 4.74 Å². The number of ether oxygens (including phenoxy) is 1. The Morgan fingerprint density at radius 3 is 2.70 bits per heavy atom. The van der Waals surface area contributed by atoms with E-state index in [1.165, 1.54) is 5.56 Å². The van der Waals surface area contributed by atoms with Crippen LogP contribution in [0.4, 0.5) is 0 Å². The molecule has 0 saturated carbocycles. The minimum Gasteiger partial charge on any atom is -0.437 e. The van der Waals surface area contributed by atoms with Crippen molar-refractivity contribution < 1.29 is 9.53 Å². The highest BCUT2D eigenvalue weighted by atomic mass is 16.5. The lowest BCUT2D eigenvalue weighted by Crippen LogP contribution is -1.93. The third-order valence-corrected chi connectivity index (χ3v) is 3.19. The van der Waals surface area contributed by atoms with Gasteiger partial charge in [0.2, 0.25) is 5.88 Å². The SMILES string of the molecule is CCc1ccc(Oc2nc3ccccn3c2C=O)cc1. The fourth-order valence-corrected chi connectivity index (χ4v) is 2.08. The molecule has 0 aliphatic rings. The standard InChI is InChI=1S/C16H14N2O2/c1-2-12-6-8-13(9-7-12)20-16-14(11-19)18-10-4-3-5-15(18)17-16/h3-11H,2H2,1H3. The number of pyridine rings is 1. The van der Waals surface area contributed by atoms with Gasteiger partial charge in [0, 0.05) is 6.20 Å². The molecular formula is C16H14N2O2. The molecule has 0 saturated heterocycles. The molecule has 0 unspecified atom stereocenters. The Bertz CT molecular complexity index is 745. The highest BCUT2D eigenvalue weighted by molar-refractivity contribution is 5.78. The number of rotatable bonds is 4. The molecule has 2 aromatic heterocycles. The number of carbonyl (C=O) groups is 1. The molecule has 20 heavy (non-hydrogen) atoms. The molecule has 3 aromatic rings. The van der Waals surface area contributed by atoms with Crippen LogP contribution in [0.15, 0.2) is 48.7 Å². The third-order valence-electron chi connectivity index (χ3n) is 3.19. The minimum absolute atomic E-state index is 0.329. The maximum Gasteiger partial charge on any atom is 0.249 e. The quantitative estimate of drug-likeness (QED) is 0.679. The highest BCUT2D eigenvalue weighted by Gasteiger charge is 2.13. The van der Waals surface area contributed by atoms with E-state index >= 15 is 0 Å². The Hall–Kier alpha value is -2.62. The first-order valence-electron chi connectivity index (χ1n) is 6.51. The van der Waals surface area contributed by atoms with E-state index in [1.54, 1.807) is 10.6 Å². The van der Waals surface area contributed by atoms with Gasteiger partial charge < -0.3 is 4.74 Å². The van der Waals surface area contributed by atoms with Gasteiger partial charge in [0.05, 0.1) is 0 Å². The highest BCUT2D eigenvalue weighted by Crippen LogP contribution is 2.25. The lowest BCUT2D eigenvalue weighted by Gasteiger charge is -2.03. The van der Waals surface area contributed by atoms with Crippen molar-refractivity contribution >= 4 is 11.9 Å². The van der Waals surface area contributed by atoms with Crippen LogP contribution in [-0.2, 0) is 6.42 Å². The first kappa shape index (κ1) is 12.4. The molecule has 2 heterocycles. The molecule has 0 N–H and O–H groups in total. The van der Waals surface area contributed by atoms with Crippen molar-refractivity contribution in [1.29, 1.82) is 0 Å². The summed E-state index contributed by atoms with van der Waals surface area (Å²) in [4.78, 5) is 15.6. The summed E-state index contributed by atoms with van der Waals surface area (Å²) in [6.07, 6.45) is 3.53. The summed E-state index contributed by atoms with van der Waals surface area (Å²) in [7, 11) is 0. The molecular weight excluding hydrogens is 252 g/mol. The number of fused-ring (bicyclic) bond motifs is 1. The summed E-state index contributed by atoms with van der Waals surface area (Å²) in [5, 5.41) is 0.